The van der Waals surface area contributed by atoms with Crippen molar-refractivity contribution in [3.63, 3.8) is 0 Å². The first kappa shape index (κ1) is 14.8. The summed E-state index contributed by atoms with van der Waals surface area (Å²) in [6.45, 7) is 6.33. The fourth-order valence-electron chi connectivity index (χ4n) is 2.05. The Morgan fingerprint density at radius 3 is 2.71 bits per heavy atom. The molecule has 0 aliphatic carbocycles. The maximum absolute atomic E-state index is 8.65. The van der Waals surface area contributed by atoms with E-state index in [0.29, 0.717) is 17.4 Å². The van der Waals surface area contributed by atoms with Crippen LogP contribution in [-0.2, 0) is 0 Å². The third-order valence-electron chi connectivity index (χ3n) is 3.08. The molecule has 0 unspecified atom stereocenters. The number of ether oxygens (including phenoxy) is 1. The van der Waals surface area contributed by atoms with Crippen LogP contribution in [-0.4, -0.2) is 21.0 Å². The highest BCUT2D eigenvalue weighted by Gasteiger charge is 2.08. The van der Waals surface area contributed by atoms with Gasteiger partial charge < -0.3 is 15.7 Å². The van der Waals surface area contributed by atoms with Gasteiger partial charge in [0, 0.05) is 6.20 Å². The molecule has 0 saturated heterocycles. The van der Waals surface area contributed by atoms with Crippen LogP contribution in [0.1, 0.15) is 36.6 Å². The largest absolute Gasteiger partial charge is 0.424 e. The molecule has 2 aromatic rings. The minimum absolute atomic E-state index is 0.0893. The summed E-state index contributed by atoms with van der Waals surface area (Å²) in [5, 5.41) is 11.6. The van der Waals surface area contributed by atoms with E-state index in [0.717, 1.165) is 5.56 Å². The third kappa shape index (κ3) is 3.47. The van der Waals surface area contributed by atoms with Crippen molar-refractivity contribution in [2.24, 2.45) is 10.9 Å². The van der Waals surface area contributed by atoms with Crippen molar-refractivity contribution < 1.29 is 9.94 Å². The Hall–Kier alpha value is -2.63. The molecular weight excluding hydrogens is 268 g/mol. The number of nitrogens with zero attached hydrogens (tertiary/aromatic N) is 3. The number of aromatic nitrogens is 2. The van der Waals surface area contributed by atoms with Crippen LogP contribution in [0.15, 0.2) is 35.6 Å². The predicted octanol–water partition coefficient (Wildman–Crippen LogP) is 2.80. The van der Waals surface area contributed by atoms with Crippen molar-refractivity contribution in [2.45, 2.75) is 26.7 Å². The second-order valence-corrected chi connectivity index (χ2v) is 4.98. The standard InChI is InChI=1S/C15H18N4O2/c1-9(2)12-5-4-11(8-10(12)3)21-15-17-7-6-13(18-15)14(16)19-20/h4-9,20H,1-3H3,(H2,16,19). The van der Waals surface area contributed by atoms with E-state index in [9.17, 15) is 0 Å². The third-order valence-corrected chi connectivity index (χ3v) is 3.08. The fraction of sp³-hybridized carbons (Fsp3) is 0.267. The van der Waals surface area contributed by atoms with Crippen LogP contribution >= 0.6 is 0 Å². The molecule has 110 valence electrons. The maximum Gasteiger partial charge on any atom is 0.322 e. The molecule has 1 aromatic carbocycles. The molecule has 6 nitrogen and oxygen atoms in total. The summed E-state index contributed by atoms with van der Waals surface area (Å²) < 4.78 is 5.61. The van der Waals surface area contributed by atoms with Crippen LogP contribution in [0.4, 0.5) is 0 Å². The molecule has 0 aliphatic rings. The molecule has 2 rings (SSSR count). The van der Waals surface area contributed by atoms with Crippen LogP contribution in [0.25, 0.3) is 0 Å². The second kappa shape index (κ2) is 6.21. The Balaban J connectivity index is 2.24. The summed E-state index contributed by atoms with van der Waals surface area (Å²) >= 11 is 0. The number of nitrogens with two attached hydrogens (primary N) is 1. The quantitative estimate of drug-likeness (QED) is 0.390. The highest BCUT2D eigenvalue weighted by molar-refractivity contribution is 5.95. The molecule has 1 aromatic heterocycles. The molecule has 0 fully saturated rings. The molecule has 1 heterocycles. The van der Waals surface area contributed by atoms with Crippen LogP contribution < -0.4 is 10.5 Å². The van der Waals surface area contributed by atoms with Crippen LogP contribution in [0.3, 0.4) is 0 Å². The average Bonchev–Trinajstić information content (AvgIpc) is 2.46. The van der Waals surface area contributed by atoms with E-state index >= 15 is 0 Å². The van der Waals surface area contributed by atoms with E-state index in [1.807, 2.05) is 25.1 Å². The first-order valence-corrected chi connectivity index (χ1v) is 6.60. The van der Waals surface area contributed by atoms with E-state index in [-0.39, 0.29) is 11.8 Å². The van der Waals surface area contributed by atoms with Crippen molar-refractivity contribution in [2.75, 3.05) is 0 Å². The molecule has 0 spiro atoms. The summed E-state index contributed by atoms with van der Waals surface area (Å²) in [4.78, 5) is 8.09. The minimum atomic E-state index is -0.0893. The van der Waals surface area contributed by atoms with E-state index < -0.39 is 0 Å². The number of hydrogen-bond acceptors (Lipinski definition) is 5. The van der Waals surface area contributed by atoms with Gasteiger partial charge in [0.05, 0.1) is 0 Å². The van der Waals surface area contributed by atoms with E-state index in [2.05, 4.69) is 29.0 Å². The number of aryl methyl sites for hydroxylation is 1. The molecular formula is C15H18N4O2. The molecule has 0 bridgehead atoms. The Morgan fingerprint density at radius 2 is 2.10 bits per heavy atom. The number of oxime groups is 1. The zero-order valence-corrected chi connectivity index (χ0v) is 12.2. The highest BCUT2D eigenvalue weighted by Crippen LogP contribution is 2.25. The van der Waals surface area contributed by atoms with Crippen molar-refractivity contribution in [3.05, 3.63) is 47.3 Å². The second-order valence-electron chi connectivity index (χ2n) is 4.98. The summed E-state index contributed by atoms with van der Waals surface area (Å²) in [6.07, 6.45) is 1.49. The summed E-state index contributed by atoms with van der Waals surface area (Å²) in [7, 11) is 0. The SMILES string of the molecule is Cc1cc(Oc2nccc(/C(N)=N/O)n2)ccc1C(C)C. The van der Waals surface area contributed by atoms with Gasteiger partial charge in [-0.05, 0) is 42.2 Å². The van der Waals surface area contributed by atoms with Gasteiger partial charge in [-0.2, -0.15) is 4.98 Å². The van der Waals surface area contributed by atoms with Crippen LogP contribution in [0.5, 0.6) is 11.8 Å². The Morgan fingerprint density at radius 1 is 1.33 bits per heavy atom. The van der Waals surface area contributed by atoms with Crippen LogP contribution in [0, 0.1) is 6.92 Å². The Kier molecular flexibility index (Phi) is 4.37. The molecule has 0 radical (unpaired) electrons. The number of benzene rings is 1. The number of amidine groups is 1. The first-order chi connectivity index (χ1) is 10.0. The summed E-state index contributed by atoms with van der Waals surface area (Å²) in [5.41, 5.74) is 8.21. The van der Waals surface area contributed by atoms with Gasteiger partial charge in [0.15, 0.2) is 5.84 Å². The van der Waals surface area contributed by atoms with Crippen molar-refractivity contribution in [1.82, 2.24) is 9.97 Å². The molecule has 0 amide bonds. The van der Waals surface area contributed by atoms with E-state index in [1.54, 1.807) is 0 Å². The molecule has 3 N–H and O–H groups in total. The lowest BCUT2D eigenvalue weighted by atomic mass is 9.98. The molecule has 0 saturated carbocycles. The Bertz CT molecular complexity index is 668. The van der Waals surface area contributed by atoms with Gasteiger partial charge in [-0.1, -0.05) is 25.1 Å². The first-order valence-electron chi connectivity index (χ1n) is 6.60. The van der Waals surface area contributed by atoms with Crippen molar-refractivity contribution >= 4 is 5.84 Å². The molecule has 0 atom stereocenters. The van der Waals surface area contributed by atoms with E-state index in [4.69, 9.17) is 15.7 Å². The highest BCUT2D eigenvalue weighted by atomic mass is 16.5. The predicted molar refractivity (Wildman–Crippen MR) is 79.9 cm³/mol. The van der Waals surface area contributed by atoms with Gasteiger partial charge in [0.1, 0.15) is 11.4 Å². The normalized spacial score (nSPS) is 11.7. The monoisotopic (exact) mass is 286 g/mol. The van der Waals surface area contributed by atoms with Gasteiger partial charge in [-0.15, -0.1) is 0 Å². The number of rotatable bonds is 4. The summed E-state index contributed by atoms with van der Waals surface area (Å²) in [6, 6.07) is 7.53. The number of hydrogen-bond donors (Lipinski definition) is 2. The smallest absolute Gasteiger partial charge is 0.322 e. The van der Waals surface area contributed by atoms with Gasteiger partial charge in [0.2, 0.25) is 0 Å². The fourth-order valence-corrected chi connectivity index (χ4v) is 2.05. The lowest BCUT2D eigenvalue weighted by molar-refractivity contribution is 0.318. The molecule has 21 heavy (non-hydrogen) atoms. The molecule has 0 aliphatic heterocycles. The van der Waals surface area contributed by atoms with Crippen LogP contribution in [0.2, 0.25) is 0 Å². The zero-order valence-electron chi connectivity index (χ0n) is 12.2. The summed E-state index contributed by atoms with van der Waals surface area (Å²) in [5.74, 6) is 1.02. The lowest BCUT2D eigenvalue weighted by Crippen LogP contribution is -2.15. The molecule has 6 heteroatoms. The Labute approximate surface area is 123 Å². The topological polar surface area (TPSA) is 93.6 Å². The maximum atomic E-state index is 8.65. The zero-order chi connectivity index (χ0) is 15.4. The van der Waals surface area contributed by atoms with Gasteiger partial charge >= 0.3 is 6.01 Å². The van der Waals surface area contributed by atoms with Crippen molar-refractivity contribution in [1.29, 1.82) is 0 Å². The van der Waals surface area contributed by atoms with Gasteiger partial charge in [-0.25, -0.2) is 4.98 Å². The van der Waals surface area contributed by atoms with Crippen molar-refractivity contribution in [3.8, 4) is 11.8 Å². The van der Waals surface area contributed by atoms with Gasteiger partial charge in [-0.3, -0.25) is 0 Å². The average molecular weight is 286 g/mol. The lowest BCUT2D eigenvalue weighted by Gasteiger charge is -2.11. The minimum Gasteiger partial charge on any atom is -0.424 e. The van der Waals surface area contributed by atoms with Gasteiger partial charge in [0.25, 0.3) is 0 Å². The van der Waals surface area contributed by atoms with E-state index in [1.165, 1.54) is 17.8 Å².